The maximum absolute atomic E-state index is 12.1. The maximum Gasteiger partial charge on any atom is 0.400 e. The quantitative estimate of drug-likeness (QED) is 0.706. The first-order chi connectivity index (χ1) is 6.00. The Labute approximate surface area is 80.2 Å². The molecule has 0 aromatic heterocycles. The molecule has 0 aliphatic carbocycles. The van der Waals surface area contributed by atoms with E-state index >= 15 is 0 Å². The van der Waals surface area contributed by atoms with E-state index in [0.717, 1.165) is 0 Å². The van der Waals surface area contributed by atoms with Gasteiger partial charge in [-0.1, -0.05) is 30.3 Å². The molecule has 1 unspecified atom stereocenters. The second-order valence-corrected chi connectivity index (χ2v) is 3.37. The predicted octanol–water partition coefficient (Wildman–Crippen LogP) is 3.09. The van der Waals surface area contributed by atoms with Crippen molar-refractivity contribution in [2.24, 2.45) is 0 Å². The Morgan fingerprint density at radius 2 is 1.69 bits per heavy atom. The van der Waals surface area contributed by atoms with Gasteiger partial charge in [0.15, 0.2) is 0 Å². The first kappa shape index (κ1) is 10.4. The third-order valence-corrected chi connectivity index (χ3v) is 2.13. The minimum atomic E-state index is -4.22. The summed E-state index contributed by atoms with van der Waals surface area (Å²) in [6.07, 6.45) is -4.30. The molecule has 0 N–H and O–H groups in total. The third kappa shape index (κ3) is 3.30. The summed E-state index contributed by atoms with van der Waals surface area (Å²) in [6.45, 7) is 0. The second-order valence-electron chi connectivity index (χ2n) is 2.75. The van der Waals surface area contributed by atoms with Gasteiger partial charge < -0.3 is 0 Å². The van der Waals surface area contributed by atoms with Crippen LogP contribution in [0.15, 0.2) is 30.3 Å². The highest BCUT2D eigenvalue weighted by atomic mass is 32.1. The van der Waals surface area contributed by atoms with Gasteiger partial charge in [-0.15, -0.1) is 0 Å². The van der Waals surface area contributed by atoms with Gasteiger partial charge in [-0.3, -0.25) is 0 Å². The number of benzene rings is 1. The molecule has 1 rings (SSSR count). The Morgan fingerprint density at radius 3 is 2.15 bits per heavy atom. The lowest BCUT2D eigenvalue weighted by molar-refractivity contribution is -0.127. The van der Waals surface area contributed by atoms with Gasteiger partial charge in [0, 0.05) is 0 Å². The standard InChI is InChI=1S/C9H9F3S/c10-9(11,12)8(13)6-7-4-2-1-3-5-7/h1-5,8,13H,6H2. The molecule has 0 radical (unpaired) electrons. The lowest BCUT2D eigenvalue weighted by Crippen LogP contribution is -2.25. The summed E-state index contributed by atoms with van der Waals surface area (Å²) in [4.78, 5) is 0. The summed E-state index contributed by atoms with van der Waals surface area (Å²) < 4.78 is 36.2. The molecule has 1 aromatic carbocycles. The number of alkyl halides is 3. The van der Waals surface area contributed by atoms with Gasteiger partial charge in [0.25, 0.3) is 0 Å². The van der Waals surface area contributed by atoms with Gasteiger partial charge in [0.1, 0.15) is 5.25 Å². The van der Waals surface area contributed by atoms with Crippen LogP contribution in [0.2, 0.25) is 0 Å². The number of hydrogen-bond acceptors (Lipinski definition) is 1. The highest BCUT2D eigenvalue weighted by Crippen LogP contribution is 2.27. The molecule has 0 saturated heterocycles. The third-order valence-electron chi connectivity index (χ3n) is 1.65. The SMILES string of the molecule is FC(F)(F)C(S)Cc1ccccc1. The summed E-state index contributed by atoms with van der Waals surface area (Å²) >= 11 is 3.50. The average Bonchev–Trinajstić information content (AvgIpc) is 2.04. The van der Waals surface area contributed by atoms with Crippen LogP contribution >= 0.6 is 12.6 Å². The van der Waals surface area contributed by atoms with E-state index in [1.807, 2.05) is 0 Å². The van der Waals surface area contributed by atoms with Gasteiger partial charge >= 0.3 is 6.18 Å². The fourth-order valence-electron chi connectivity index (χ4n) is 0.953. The molecule has 0 nitrogen and oxygen atoms in total. The van der Waals surface area contributed by atoms with Gasteiger partial charge in [-0.2, -0.15) is 25.8 Å². The molecule has 0 fully saturated rings. The molecule has 1 aromatic rings. The van der Waals surface area contributed by atoms with E-state index in [9.17, 15) is 13.2 Å². The topological polar surface area (TPSA) is 0 Å². The summed E-state index contributed by atoms with van der Waals surface area (Å²) in [5.74, 6) is 0. The molecule has 0 saturated carbocycles. The minimum Gasteiger partial charge on any atom is -0.170 e. The maximum atomic E-state index is 12.1. The molecule has 1 atom stereocenters. The van der Waals surface area contributed by atoms with Crippen molar-refractivity contribution in [2.45, 2.75) is 17.8 Å². The van der Waals surface area contributed by atoms with Crippen molar-refractivity contribution >= 4 is 12.6 Å². The Balaban J connectivity index is 2.61. The van der Waals surface area contributed by atoms with E-state index in [-0.39, 0.29) is 6.42 Å². The lowest BCUT2D eigenvalue weighted by Gasteiger charge is -2.14. The van der Waals surface area contributed by atoms with Crippen molar-refractivity contribution in [1.82, 2.24) is 0 Å². The molecule has 72 valence electrons. The molecular weight excluding hydrogens is 197 g/mol. The van der Waals surface area contributed by atoms with Crippen molar-refractivity contribution in [2.75, 3.05) is 0 Å². The van der Waals surface area contributed by atoms with Gasteiger partial charge in [-0.25, -0.2) is 0 Å². The van der Waals surface area contributed by atoms with E-state index in [0.29, 0.717) is 5.56 Å². The largest absolute Gasteiger partial charge is 0.400 e. The van der Waals surface area contributed by atoms with Crippen LogP contribution in [0.4, 0.5) is 13.2 Å². The Hall–Kier alpha value is -0.640. The smallest absolute Gasteiger partial charge is 0.170 e. The number of hydrogen-bond donors (Lipinski definition) is 1. The molecule has 13 heavy (non-hydrogen) atoms. The normalized spacial score (nSPS) is 14.2. The first-order valence-electron chi connectivity index (χ1n) is 3.79. The predicted molar refractivity (Wildman–Crippen MR) is 49.0 cm³/mol. The van der Waals surface area contributed by atoms with Crippen LogP contribution in [0, 0.1) is 0 Å². The van der Waals surface area contributed by atoms with Gasteiger partial charge in [-0.05, 0) is 12.0 Å². The fraction of sp³-hybridized carbons (Fsp3) is 0.333. The number of halogens is 3. The fourth-order valence-corrected chi connectivity index (χ4v) is 1.16. The van der Waals surface area contributed by atoms with E-state index in [1.165, 1.54) is 0 Å². The van der Waals surface area contributed by atoms with Crippen LogP contribution in [0.3, 0.4) is 0 Å². The summed E-state index contributed by atoms with van der Waals surface area (Å²) in [7, 11) is 0. The zero-order valence-electron chi connectivity index (χ0n) is 6.75. The average molecular weight is 206 g/mol. The summed E-state index contributed by atoms with van der Waals surface area (Å²) in [5.41, 5.74) is 0.653. The Morgan fingerprint density at radius 1 is 1.15 bits per heavy atom. The van der Waals surface area contributed by atoms with E-state index in [1.54, 1.807) is 30.3 Å². The summed E-state index contributed by atoms with van der Waals surface area (Å²) in [6, 6.07) is 8.52. The molecule has 0 heterocycles. The van der Waals surface area contributed by atoms with E-state index in [2.05, 4.69) is 12.6 Å². The molecule has 0 spiro atoms. The Kier molecular flexibility index (Phi) is 3.25. The second kappa shape index (κ2) is 4.05. The van der Waals surface area contributed by atoms with Crippen molar-refractivity contribution in [3.05, 3.63) is 35.9 Å². The first-order valence-corrected chi connectivity index (χ1v) is 4.30. The van der Waals surface area contributed by atoms with Crippen LogP contribution in [0.1, 0.15) is 5.56 Å². The van der Waals surface area contributed by atoms with Crippen LogP contribution in [0.25, 0.3) is 0 Å². The molecular formula is C9H9F3S. The zero-order valence-corrected chi connectivity index (χ0v) is 7.65. The zero-order chi connectivity index (χ0) is 9.90. The van der Waals surface area contributed by atoms with E-state index < -0.39 is 11.4 Å². The molecule has 0 amide bonds. The molecule has 0 aliphatic heterocycles. The van der Waals surface area contributed by atoms with Crippen LogP contribution < -0.4 is 0 Å². The van der Waals surface area contributed by atoms with Crippen LogP contribution in [0.5, 0.6) is 0 Å². The van der Waals surface area contributed by atoms with Crippen molar-refractivity contribution in [1.29, 1.82) is 0 Å². The van der Waals surface area contributed by atoms with Crippen molar-refractivity contribution < 1.29 is 13.2 Å². The lowest BCUT2D eigenvalue weighted by atomic mass is 10.1. The number of thiol groups is 1. The minimum absolute atomic E-state index is 0.0759. The van der Waals surface area contributed by atoms with Gasteiger partial charge in [0.2, 0.25) is 0 Å². The van der Waals surface area contributed by atoms with Gasteiger partial charge in [0.05, 0.1) is 0 Å². The summed E-state index contributed by atoms with van der Waals surface area (Å²) in [5, 5.41) is -1.57. The van der Waals surface area contributed by atoms with Crippen LogP contribution in [-0.4, -0.2) is 11.4 Å². The molecule has 0 bridgehead atoms. The highest BCUT2D eigenvalue weighted by Gasteiger charge is 2.36. The van der Waals surface area contributed by atoms with E-state index in [4.69, 9.17) is 0 Å². The molecule has 0 aliphatic rings. The Bertz CT molecular complexity index is 255. The highest BCUT2D eigenvalue weighted by molar-refractivity contribution is 7.81. The van der Waals surface area contributed by atoms with Crippen LogP contribution in [-0.2, 0) is 6.42 Å². The van der Waals surface area contributed by atoms with Crippen molar-refractivity contribution in [3.63, 3.8) is 0 Å². The molecule has 4 heteroatoms. The number of rotatable bonds is 2. The van der Waals surface area contributed by atoms with Crippen molar-refractivity contribution in [3.8, 4) is 0 Å². The monoisotopic (exact) mass is 206 g/mol.